The maximum Gasteiger partial charge on any atom is 0.254 e. The van der Waals surface area contributed by atoms with Crippen molar-refractivity contribution in [2.45, 2.75) is 52.6 Å². The summed E-state index contributed by atoms with van der Waals surface area (Å²) in [6, 6.07) is 9.55. The molecule has 5 rings (SSSR count). The SMILES string of the molecule is CCN(C(=O)c1cc(F)ccc1-c1cc(C2CN([C@H](CN3CCN(CCO)CC3)C(C)C)C2)cc2c1cnn2C)C(C)C. The molecule has 0 saturated carbocycles. The maximum atomic E-state index is 14.6. The first-order valence-corrected chi connectivity index (χ1v) is 16.0. The Morgan fingerprint density at radius 1 is 1.05 bits per heavy atom. The third-order valence-corrected chi connectivity index (χ3v) is 9.56. The highest BCUT2D eigenvalue weighted by atomic mass is 19.1. The molecule has 2 aliphatic rings. The number of aliphatic hydroxyl groups is 1. The second-order valence-corrected chi connectivity index (χ2v) is 13.0. The topological polar surface area (TPSA) is 68.1 Å². The number of nitrogens with zero attached hydrogens (tertiary/aromatic N) is 6. The van der Waals surface area contributed by atoms with Crippen LogP contribution in [0.25, 0.3) is 22.0 Å². The Morgan fingerprint density at radius 3 is 2.37 bits per heavy atom. The molecule has 0 aliphatic carbocycles. The Hall–Kier alpha value is -2.85. The number of carbonyl (C=O) groups is 1. The van der Waals surface area contributed by atoms with Crippen molar-refractivity contribution in [3.05, 3.63) is 53.5 Å². The number of benzene rings is 2. The molecule has 234 valence electrons. The summed E-state index contributed by atoms with van der Waals surface area (Å²) in [4.78, 5) is 23.0. The lowest BCUT2D eigenvalue weighted by molar-refractivity contribution is 0.0254. The van der Waals surface area contributed by atoms with Crippen molar-refractivity contribution < 1.29 is 14.3 Å². The summed E-state index contributed by atoms with van der Waals surface area (Å²) in [6.45, 7) is 19.3. The molecule has 8 nitrogen and oxygen atoms in total. The van der Waals surface area contributed by atoms with E-state index >= 15 is 0 Å². The predicted octanol–water partition coefficient (Wildman–Crippen LogP) is 4.28. The average molecular weight is 593 g/mol. The van der Waals surface area contributed by atoms with E-state index in [1.807, 2.05) is 38.7 Å². The van der Waals surface area contributed by atoms with Crippen molar-refractivity contribution in [1.82, 2.24) is 29.4 Å². The number of hydrogen-bond donors (Lipinski definition) is 1. The van der Waals surface area contributed by atoms with E-state index < -0.39 is 5.82 Å². The lowest BCUT2D eigenvalue weighted by atomic mass is 9.84. The highest BCUT2D eigenvalue weighted by Crippen LogP contribution is 2.38. The van der Waals surface area contributed by atoms with E-state index in [1.165, 1.54) is 17.7 Å². The van der Waals surface area contributed by atoms with Crippen LogP contribution in [-0.4, -0.2) is 118 Å². The van der Waals surface area contributed by atoms with Gasteiger partial charge < -0.3 is 10.0 Å². The summed E-state index contributed by atoms with van der Waals surface area (Å²) in [5, 5.41) is 14.8. The lowest BCUT2D eigenvalue weighted by Crippen LogP contribution is -2.58. The molecule has 0 unspecified atom stereocenters. The van der Waals surface area contributed by atoms with E-state index in [2.05, 4.69) is 45.8 Å². The molecule has 0 bridgehead atoms. The van der Waals surface area contributed by atoms with Crippen molar-refractivity contribution in [3.63, 3.8) is 0 Å². The quantitative estimate of drug-likeness (QED) is 0.359. The van der Waals surface area contributed by atoms with E-state index in [9.17, 15) is 14.3 Å². The lowest BCUT2D eigenvalue weighted by Gasteiger charge is -2.48. The van der Waals surface area contributed by atoms with Crippen molar-refractivity contribution in [1.29, 1.82) is 0 Å². The molecule has 0 spiro atoms. The summed E-state index contributed by atoms with van der Waals surface area (Å²) >= 11 is 0. The van der Waals surface area contributed by atoms with Crippen LogP contribution in [0.3, 0.4) is 0 Å². The zero-order valence-corrected chi connectivity index (χ0v) is 26.8. The van der Waals surface area contributed by atoms with Crippen molar-refractivity contribution in [2.75, 3.05) is 65.5 Å². The first-order valence-electron chi connectivity index (χ1n) is 16.0. The number of aromatic nitrogens is 2. The molecule has 1 atom stereocenters. The van der Waals surface area contributed by atoms with Crippen LogP contribution in [0.4, 0.5) is 4.39 Å². The van der Waals surface area contributed by atoms with Crippen LogP contribution >= 0.6 is 0 Å². The summed E-state index contributed by atoms with van der Waals surface area (Å²) < 4.78 is 16.5. The highest BCUT2D eigenvalue weighted by molar-refractivity contribution is 6.05. The molecule has 3 aromatic rings. The molecule has 9 heteroatoms. The Morgan fingerprint density at radius 2 is 1.74 bits per heavy atom. The highest BCUT2D eigenvalue weighted by Gasteiger charge is 2.36. The normalized spacial score (nSPS) is 18.1. The van der Waals surface area contributed by atoms with E-state index in [1.54, 1.807) is 11.0 Å². The molecular formula is C34H49FN6O2. The van der Waals surface area contributed by atoms with Crippen LogP contribution in [0.2, 0.25) is 0 Å². The second kappa shape index (κ2) is 13.4. The van der Waals surface area contributed by atoms with Crippen molar-refractivity contribution in [2.24, 2.45) is 13.0 Å². The number of carbonyl (C=O) groups excluding carboxylic acids is 1. The predicted molar refractivity (Wildman–Crippen MR) is 171 cm³/mol. The number of piperazine rings is 1. The van der Waals surface area contributed by atoms with Gasteiger partial charge in [0, 0.05) is 89.3 Å². The first-order chi connectivity index (χ1) is 20.6. The number of β-amino-alcohol motifs (C(OH)–C–C–N with tert-alkyl or cyclic N) is 1. The fourth-order valence-corrected chi connectivity index (χ4v) is 6.90. The van der Waals surface area contributed by atoms with Crippen molar-refractivity contribution in [3.8, 4) is 11.1 Å². The molecule has 0 radical (unpaired) electrons. The summed E-state index contributed by atoms with van der Waals surface area (Å²) in [5.74, 6) is 0.362. The molecule has 43 heavy (non-hydrogen) atoms. The summed E-state index contributed by atoms with van der Waals surface area (Å²) in [7, 11) is 1.95. The molecule has 3 heterocycles. The average Bonchev–Trinajstić information content (AvgIpc) is 3.33. The van der Waals surface area contributed by atoms with Gasteiger partial charge in [0.1, 0.15) is 5.82 Å². The molecule has 2 aliphatic heterocycles. The summed E-state index contributed by atoms with van der Waals surface area (Å²) in [6.07, 6.45) is 1.86. The van der Waals surface area contributed by atoms with Gasteiger partial charge in [-0.2, -0.15) is 5.10 Å². The number of aryl methyl sites for hydroxylation is 1. The smallest absolute Gasteiger partial charge is 0.254 e. The van der Waals surface area contributed by atoms with E-state index in [0.717, 1.165) is 74.4 Å². The molecular weight excluding hydrogens is 543 g/mol. The van der Waals surface area contributed by atoms with E-state index in [0.29, 0.717) is 30.0 Å². The number of likely N-dealkylation sites (tertiary alicyclic amines) is 1. The molecule has 2 fully saturated rings. The number of halogens is 1. The minimum absolute atomic E-state index is 0.0117. The Bertz CT molecular complexity index is 1410. The van der Waals surface area contributed by atoms with Gasteiger partial charge >= 0.3 is 0 Å². The van der Waals surface area contributed by atoms with Gasteiger partial charge in [-0.15, -0.1) is 0 Å². The molecule has 1 amide bonds. The van der Waals surface area contributed by atoms with Gasteiger partial charge in [-0.05, 0) is 67.6 Å². The zero-order valence-electron chi connectivity index (χ0n) is 26.8. The van der Waals surface area contributed by atoms with Gasteiger partial charge in [0.15, 0.2) is 0 Å². The first kappa shape index (κ1) is 31.6. The van der Waals surface area contributed by atoms with Crippen LogP contribution in [0.5, 0.6) is 0 Å². The van der Waals surface area contributed by atoms with Gasteiger partial charge in [0.2, 0.25) is 0 Å². The third-order valence-electron chi connectivity index (χ3n) is 9.56. The number of rotatable bonds is 11. The van der Waals surface area contributed by atoms with Gasteiger partial charge in [-0.3, -0.25) is 24.2 Å². The minimum atomic E-state index is -0.408. The fourth-order valence-electron chi connectivity index (χ4n) is 6.90. The number of aliphatic hydroxyl groups excluding tert-OH is 1. The Balaban J connectivity index is 1.40. The monoisotopic (exact) mass is 592 g/mol. The molecule has 1 aromatic heterocycles. The van der Waals surface area contributed by atoms with Crippen LogP contribution in [0, 0.1) is 11.7 Å². The largest absolute Gasteiger partial charge is 0.395 e. The van der Waals surface area contributed by atoms with Crippen LogP contribution in [0.1, 0.15) is 56.5 Å². The maximum absolute atomic E-state index is 14.6. The minimum Gasteiger partial charge on any atom is -0.395 e. The second-order valence-electron chi connectivity index (χ2n) is 13.0. The Kier molecular flexibility index (Phi) is 9.86. The number of hydrogen-bond acceptors (Lipinski definition) is 6. The number of amides is 1. The standard InChI is InChI=1S/C34H49FN6O2/c1-7-41(24(4)5)34(43)30-18-27(35)8-9-28(30)29-16-25(17-32-31(29)19-36-37(32)6)26-20-40(21-26)33(23(2)3)22-39-12-10-38(11-13-39)14-15-42/h8-9,16-19,23-24,26,33,42H,7,10-15,20-22H2,1-6H3/t33-/m1/s1. The number of fused-ring (bicyclic) bond motifs is 1. The van der Waals surface area contributed by atoms with Crippen LogP contribution in [-0.2, 0) is 7.05 Å². The molecule has 1 N–H and O–H groups in total. The van der Waals surface area contributed by atoms with Gasteiger partial charge in [-0.25, -0.2) is 4.39 Å². The molecule has 2 saturated heterocycles. The molecule has 2 aromatic carbocycles. The van der Waals surface area contributed by atoms with Gasteiger partial charge in [-0.1, -0.05) is 19.9 Å². The van der Waals surface area contributed by atoms with Crippen LogP contribution in [0.15, 0.2) is 36.5 Å². The Labute approximate surface area is 256 Å². The van der Waals surface area contributed by atoms with Gasteiger partial charge in [0.05, 0.1) is 23.9 Å². The van der Waals surface area contributed by atoms with E-state index in [4.69, 9.17) is 0 Å². The van der Waals surface area contributed by atoms with E-state index in [-0.39, 0.29) is 18.6 Å². The van der Waals surface area contributed by atoms with Crippen LogP contribution < -0.4 is 0 Å². The van der Waals surface area contributed by atoms with Gasteiger partial charge in [0.25, 0.3) is 5.91 Å². The summed E-state index contributed by atoms with van der Waals surface area (Å²) in [5.41, 5.74) is 4.34. The third kappa shape index (κ3) is 6.65. The fraction of sp³-hybridized carbons (Fsp3) is 0.588. The zero-order chi connectivity index (χ0) is 30.8. The van der Waals surface area contributed by atoms with Crippen molar-refractivity contribution >= 4 is 16.8 Å².